The summed E-state index contributed by atoms with van der Waals surface area (Å²) in [6.45, 7) is 5.39. The first-order valence-corrected chi connectivity index (χ1v) is 15.8. The first-order chi connectivity index (χ1) is 21.8. The highest BCUT2D eigenvalue weighted by Crippen LogP contribution is 2.35. The predicted molar refractivity (Wildman–Crippen MR) is 176 cm³/mol. The highest BCUT2D eigenvalue weighted by atomic mass is 35.5. The summed E-state index contributed by atoms with van der Waals surface area (Å²) in [5, 5.41) is 10.3. The molecule has 4 aromatic rings. The standard InChI is InChI=1S/C36H39ClN4O4/c1-25(2)24-45-30-17-10-26(11-18-30)12-19-32-31(35(44)40(23-34(42)43)22-27-7-4-3-5-8-27)21-38-36(39-32)41-20-6-9-33(41)28-13-15-29(37)16-14-28/h3-5,7-8,10-11,13-18,21,25,33H,6,9,12,19-20,22-24H2,1-2H3,(H,42,43). The maximum Gasteiger partial charge on any atom is 0.323 e. The second-order valence-corrected chi connectivity index (χ2v) is 12.3. The first-order valence-electron chi connectivity index (χ1n) is 15.4. The number of aliphatic carboxylic acids is 1. The summed E-state index contributed by atoms with van der Waals surface area (Å²) in [5.41, 5.74) is 3.97. The summed E-state index contributed by atoms with van der Waals surface area (Å²) < 4.78 is 5.84. The molecule has 5 rings (SSSR count). The summed E-state index contributed by atoms with van der Waals surface area (Å²) in [5.74, 6) is 0.325. The highest BCUT2D eigenvalue weighted by Gasteiger charge is 2.30. The maximum absolute atomic E-state index is 14.0. The van der Waals surface area contributed by atoms with E-state index in [0.29, 0.717) is 47.6 Å². The molecule has 0 bridgehead atoms. The molecule has 1 saturated heterocycles. The third kappa shape index (κ3) is 8.60. The molecular formula is C36H39ClN4O4. The average Bonchev–Trinajstić information content (AvgIpc) is 3.53. The van der Waals surface area contributed by atoms with Crippen LogP contribution in [0.25, 0.3) is 0 Å². The van der Waals surface area contributed by atoms with E-state index in [0.717, 1.165) is 41.8 Å². The van der Waals surface area contributed by atoms with Crippen molar-refractivity contribution in [2.75, 3.05) is 24.6 Å². The third-order valence-electron chi connectivity index (χ3n) is 7.84. The topological polar surface area (TPSA) is 95.9 Å². The lowest BCUT2D eigenvalue weighted by molar-refractivity contribution is -0.137. The molecule has 3 aromatic carbocycles. The molecule has 0 aliphatic carbocycles. The number of nitrogens with zero attached hydrogens (tertiary/aromatic N) is 4. The van der Waals surface area contributed by atoms with E-state index in [1.165, 1.54) is 4.90 Å². The molecule has 1 aliphatic rings. The number of benzene rings is 3. The molecule has 1 atom stereocenters. The van der Waals surface area contributed by atoms with Gasteiger partial charge < -0.3 is 19.6 Å². The van der Waals surface area contributed by atoms with Crippen molar-refractivity contribution < 1.29 is 19.4 Å². The lowest BCUT2D eigenvalue weighted by Gasteiger charge is -2.27. The van der Waals surface area contributed by atoms with E-state index >= 15 is 0 Å². The Kier molecular flexibility index (Phi) is 10.7. The van der Waals surface area contributed by atoms with Crippen molar-refractivity contribution in [2.45, 2.75) is 52.1 Å². The zero-order valence-electron chi connectivity index (χ0n) is 25.7. The summed E-state index contributed by atoms with van der Waals surface area (Å²) in [6, 6.07) is 25.3. The molecule has 45 heavy (non-hydrogen) atoms. The molecule has 1 unspecified atom stereocenters. The van der Waals surface area contributed by atoms with Gasteiger partial charge in [0.1, 0.15) is 12.3 Å². The molecule has 1 N–H and O–H groups in total. The van der Waals surface area contributed by atoms with Gasteiger partial charge in [0.2, 0.25) is 5.95 Å². The molecule has 234 valence electrons. The van der Waals surface area contributed by atoms with Gasteiger partial charge >= 0.3 is 5.97 Å². The van der Waals surface area contributed by atoms with Crippen molar-refractivity contribution in [3.8, 4) is 5.75 Å². The van der Waals surface area contributed by atoms with Crippen molar-refractivity contribution in [1.29, 1.82) is 0 Å². The van der Waals surface area contributed by atoms with Gasteiger partial charge in [-0.15, -0.1) is 0 Å². The number of carbonyl (C=O) groups is 2. The molecule has 1 amide bonds. The molecule has 0 spiro atoms. The monoisotopic (exact) mass is 626 g/mol. The second-order valence-electron chi connectivity index (χ2n) is 11.8. The molecule has 0 saturated carbocycles. The largest absolute Gasteiger partial charge is 0.493 e. The Morgan fingerprint density at radius 1 is 1.00 bits per heavy atom. The van der Waals surface area contributed by atoms with Crippen LogP contribution in [0.3, 0.4) is 0 Å². The number of halogens is 1. The molecule has 1 fully saturated rings. The Morgan fingerprint density at radius 3 is 2.42 bits per heavy atom. The van der Waals surface area contributed by atoms with Crippen LogP contribution in [0.5, 0.6) is 5.75 Å². The number of rotatable bonds is 13. The minimum absolute atomic E-state index is 0.0941. The van der Waals surface area contributed by atoms with Crippen LogP contribution in [-0.2, 0) is 24.2 Å². The molecule has 8 nitrogen and oxygen atoms in total. The van der Waals surface area contributed by atoms with E-state index in [1.807, 2.05) is 78.9 Å². The molecule has 1 aliphatic heterocycles. The van der Waals surface area contributed by atoms with Gasteiger partial charge in [0.25, 0.3) is 5.91 Å². The van der Waals surface area contributed by atoms with Crippen molar-refractivity contribution in [1.82, 2.24) is 14.9 Å². The minimum Gasteiger partial charge on any atom is -0.493 e. The van der Waals surface area contributed by atoms with E-state index in [2.05, 4.69) is 23.7 Å². The zero-order chi connectivity index (χ0) is 31.8. The van der Waals surface area contributed by atoms with Crippen LogP contribution in [0.1, 0.15) is 65.5 Å². The third-order valence-corrected chi connectivity index (χ3v) is 8.09. The normalized spacial score (nSPS) is 14.5. The van der Waals surface area contributed by atoms with Crippen molar-refractivity contribution >= 4 is 29.4 Å². The number of hydrogen-bond donors (Lipinski definition) is 1. The van der Waals surface area contributed by atoms with Gasteiger partial charge in [0.15, 0.2) is 0 Å². The van der Waals surface area contributed by atoms with Crippen LogP contribution in [0, 0.1) is 5.92 Å². The Morgan fingerprint density at radius 2 is 1.73 bits per heavy atom. The van der Waals surface area contributed by atoms with Crippen LogP contribution >= 0.6 is 11.6 Å². The van der Waals surface area contributed by atoms with Crippen molar-refractivity contribution in [3.63, 3.8) is 0 Å². The fourth-order valence-electron chi connectivity index (χ4n) is 5.57. The van der Waals surface area contributed by atoms with Gasteiger partial charge in [-0.25, -0.2) is 9.97 Å². The number of ether oxygens (including phenoxy) is 1. The van der Waals surface area contributed by atoms with Crippen LogP contribution in [-0.4, -0.2) is 51.5 Å². The van der Waals surface area contributed by atoms with Crippen LogP contribution in [0.4, 0.5) is 5.95 Å². The van der Waals surface area contributed by atoms with Gasteiger partial charge in [0.05, 0.1) is 23.9 Å². The summed E-state index contributed by atoms with van der Waals surface area (Å²) in [6.07, 6.45) is 4.63. The maximum atomic E-state index is 14.0. The fourth-order valence-corrected chi connectivity index (χ4v) is 5.69. The van der Waals surface area contributed by atoms with Gasteiger partial charge in [-0.1, -0.05) is 80.0 Å². The lowest BCUT2D eigenvalue weighted by Crippen LogP contribution is -2.36. The number of anilines is 1. The Balaban J connectivity index is 1.44. The first kappa shape index (κ1) is 32.0. The summed E-state index contributed by atoms with van der Waals surface area (Å²) in [4.78, 5) is 39.0. The van der Waals surface area contributed by atoms with Gasteiger partial charge in [0, 0.05) is 24.3 Å². The Bertz CT molecular complexity index is 1580. The smallest absolute Gasteiger partial charge is 0.323 e. The highest BCUT2D eigenvalue weighted by molar-refractivity contribution is 6.30. The van der Waals surface area contributed by atoms with Crippen molar-refractivity contribution in [2.24, 2.45) is 5.92 Å². The average molecular weight is 627 g/mol. The number of carboxylic acid groups (broad SMARTS) is 1. The molecule has 0 radical (unpaired) electrons. The van der Waals surface area contributed by atoms with Crippen molar-refractivity contribution in [3.05, 3.63) is 118 Å². The van der Waals surface area contributed by atoms with Gasteiger partial charge in [-0.3, -0.25) is 9.59 Å². The molecular weight excluding hydrogens is 588 g/mol. The number of aryl methyl sites for hydroxylation is 2. The quantitative estimate of drug-likeness (QED) is 0.170. The lowest BCUT2D eigenvalue weighted by atomic mass is 10.0. The number of hydrogen-bond acceptors (Lipinski definition) is 6. The number of carbonyl (C=O) groups excluding carboxylic acids is 1. The van der Waals surface area contributed by atoms with Gasteiger partial charge in [-0.05, 0) is 72.6 Å². The summed E-state index contributed by atoms with van der Waals surface area (Å²) in [7, 11) is 0. The number of aromatic nitrogens is 2. The minimum atomic E-state index is -1.08. The Labute approximate surface area is 269 Å². The molecule has 1 aromatic heterocycles. The fraction of sp³-hybridized carbons (Fsp3) is 0.333. The van der Waals surface area contributed by atoms with Crippen LogP contribution in [0.15, 0.2) is 85.1 Å². The SMILES string of the molecule is CC(C)COc1ccc(CCc2nc(N3CCCC3c3ccc(Cl)cc3)ncc2C(=O)N(CC(=O)O)Cc2ccccc2)cc1. The molecule has 2 heterocycles. The van der Waals surface area contributed by atoms with E-state index in [9.17, 15) is 14.7 Å². The van der Waals surface area contributed by atoms with E-state index < -0.39 is 18.4 Å². The number of amides is 1. The second kappa shape index (κ2) is 15.0. The zero-order valence-corrected chi connectivity index (χ0v) is 26.5. The Hall–Kier alpha value is -4.43. The summed E-state index contributed by atoms with van der Waals surface area (Å²) >= 11 is 6.15. The van der Waals surface area contributed by atoms with Gasteiger partial charge in [-0.2, -0.15) is 0 Å². The van der Waals surface area contributed by atoms with E-state index in [1.54, 1.807) is 6.20 Å². The van der Waals surface area contributed by atoms with E-state index in [-0.39, 0.29) is 12.6 Å². The van der Waals surface area contributed by atoms with Crippen LogP contribution < -0.4 is 9.64 Å². The van der Waals surface area contributed by atoms with E-state index in [4.69, 9.17) is 21.3 Å². The molecule has 9 heteroatoms. The number of carboxylic acids is 1. The predicted octanol–water partition coefficient (Wildman–Crippen LogP) is 7.02. The van der Waals surface area contributed by atoms with Crippen LogP contribution in [0.2, 0.25) is 5.02 Å².